The SMILES string of the molecule is COc1ccc2[nH]c(=O)cc(C)c2c1.COc1ccc2c(c1)c(C)cc(=O)n2CC1OCCO1. The average molecular weight is 465 g/mol. The lowest BCUT2D eigenvalue weighted by Gasteiger charge is -2.15. The number of benzene rings is 2. The predicted octanol–water partition coefficient (Wildman–Crippen LogP) is 3.54. The summed E-state index contributed by atoms with van der Waals surface area (Å²) in [5, 5.41) is 2.02. The third kappa shape index (κ3) is 4.98. The molecule has 34 heavy (non-hydrogen) atoms. The second kappa shape index (κ2) is 10.1. The highest BCUT2D eigenvalue weighted by molar-refractivity contribution is 5.84. The van der Waals surface area contributed by atoms with Gasteiger partial charge in [0.1, 0.15) is 11.5 Å². The molecule has 0 radical (unpaired) electrons. The van der Waals surface area contributed by atoms with Crippen LogP contribution in [-0.2, 0) is 16.0 Å². The third-order valence-corrected chi connectivity index (χ3v) is 5.80. The van der Waals surface area contributed by atoms with Crippen LogP contribution in [0.25, 0.3) is 21.8 Å². The number of pyridine rings is 2. The van der Waals surface area contributed by atoms with Crippen LogP contribution >= 0.6 is 0 Å². The van der Waals surface area contributed by atoms with Gasteiger partial charge in [-0.05, 0) is 61.4 Å². The van der Waals surface area contributed by atoms with Crippen molar-refractivity contribution >= 4 is 21.8 Å². The van der Waals surface area contributed by atoms with E-state index in [1.807, 2.05) is 50.2 Å². The van der Waals surface area contributed by atoms with Crippen LogP contribution in [0, 0.1) is 13.8 Å². The smallest absolute Gasteiger partial charge is 0.251 e. The summed E-state index contributed by atoms with van der Waals surface area (Å²) in [5.41, 5.74) is 3.50. The fourth-order valence-corrected chi connectivity index (χ4v) is 4.03. The van der Waals surface area contributed by atoms with E-state index in [-0.39, 0.29) is 17.4 Å². The van der Waals surface area contributed by atoms with Crippen LogP contribution in [-0.4, -0.2) is 43.3 Å². The molecule has 3 heterocycles. The van der Waals surface area contributed by atoms with Crippen molar-refractivity contribution in [2.24, 2.45) is 0 Å². The van der Waals surface area contributed by atoms with Gasteiger partial charge in [-0.3, -0.25) is 9.59 Å². The van der Waals surface area contributed by atoms with Gasteiger partial charge >= 0.3 is 0 Å². The van der Waals surface area contributed by atoms with Gasteiger partial charge < -0.3 is 28.5 Å². The minimum Gasteiger partial charge on any atom is -0.497 e. The number of aryl methyl sites for hydroxylation is 2. The minimum absolute atomic E-state index is 0.0423. The molecule has 1 N–H and O–H groups in total. The van der Waals surface area contributed by atoms with E-state index in [0.29, 0.717) is 19.8 Å². The average Bonchev–Trinajstić information content (AvgIpc) is 3.35. The molecular weight excluding hydrogens is 436 g/mol. The Bertz CT molecular complexity index is 1430. The van der Waals surface area contributed by atoms with Crippen LogP contribution in [0.2, 0.25) is 0 Å². The Morgan fingerprint density at radius 3 is 2.18 bits per heavy atom. The summed E-state index contributed by atoms with van der Waals surface area (Å²) in [6.07, 6.45) is -0.347. The normalized spacial score (nSPS) is 13.6. The van der Waals surface area contributed by atoms with Crippen molar-refractivity contribution in [1.82, 2.24) is 9.55 Å². The zero-order chi connectivity index (χ0) is 24.2. The molecule has 178 valence electrons. The number of nitrogens with one attached hydrogen (secondary N) is 1. The molecular formula is C26H28N2O6. The first-order chi connectivity index (χ1) is 16.4. The molecule has 2 aromatic carbocycles. The molecule has 0 spiro atoms. The Balaban J connectivity index is 0.000000172. The molecule has 8 heteroatoms. The van der Waals surface area contributed by atoms with Crippen molar-refractivity contribution < 1.29 is 18.9 Å². The minimum atomic E-state index is -0.347. The third-order valence-electron chi connectivity index (χ3n) is 5.80. The molecule has 5 rings (SSSR count). The van der Waals surface area contributed by atoms with Gasteiger partial charge in [0.2, 0.25) is 5.56 Å². The highest BCUT2D eigenvalue weighted by Crippen LogP contribution is 2.23. The summed E-state index contributed by atoms with van der Waals surface area (Å²) >= 11 is 0. The first-order valence-electron chi connectivity index (χ1n) is 11.0. The Labute approximate surface area is 196 Å². The molecule has 0 atom stereocenters. The Morgan fingerprint density at radius 2 is 1.50 bits per heavy atom. The van der Waals surface area contributed by atoms with Crippen LogP contribution in [0.3, 0.4) is 0 Å². The maximum absolute atomic E-state index is 12.2. The van der Waals surface area contributed by atoms with E-state index in [9.17, 15) is 9.59 Å². The standard InChI is InChI=1S/C15H17NO4.C11H11NO2/c1-10-7-14(17)16(9-15-19-5-6-20-15)13-4-3-11(18-2)8-12(10)13;1-7-5-11(13)12-10-4-3-8(14-2)6-9(7)10/h3-4,7-8,15H,5-6,9H2,1-2H3;3-6H,1-2H3,(H,12,13). The molecule has 1 aliphatic rings. The molecule has 0 amide bonds. The molecule has 0 unspecified atom stereocenters. The molecule has 1 saturated heterocycles. The second-order valence-electron chi connectivity index (χ2n) is 8.06. The van der Waals surface area contributed by atoms with Gasteiger partial charge in [-0.25, -0.2) is 0 Å². The van der Waals surface area contributed by atoms with Gasteiger partial charge in [0.25, 0.3) is 5.56 Å². The van der Waals surface area contributed by atoms with Gasteiger partial charge in [-0.15, -0.1) is 0 Å². The number of hydrogen-bond acceptors (Lipinski definition) is 6. The number of nitrogens with zero attached hydrogens (tertiary/aromatic N) is 1. The van der Waals surface area contributed by atoms with E-state index < -0.39 is 0 Å². The van der Waals surface area contributed by atoms with Crippen molar-refractivity contribution in [2.45, 2.75) is 26.7 Å². The fraction of sp³-hybridized carbons (Fsp3) is 0.308. The predicted molar refractivity (Wildman–Crippen MR) is 131 cm³/mol. The fourth-order valence-electron chi connectivity index (χ4n) is 4.03. The summed E-state index contributed by atoms with van der Waals surface area (Å²) in [4.78, 5) is 26.2. The van der Waals surface area contributed by atoms with E-state index in [1.165, 1.54) is 0 Å². The molecule has 0 bridgehead atoms. The van der Waals surface area contributed by atoms with E-state index in [1.54, 1.807) is 30.9 Å². The molecule has 1 fully saturated rings. The summed E-state index contributed by atoms with van der Waals surface area (Å²) in [5.74, 6) is 1.58. The van der Waals surface area contributed by atoms with Gasteiger partial charge in [0.05, 0.1) is 39.5 Å². The summed E-state index contributed by atoms with van der Waals surface area (Å²) in [6, 6.07) is 14.5. The lowest BCUT2D eigenvalue weighted by atomic mass is 10.1. The van der Waals surface area contributed by atoms with Gasteiger partial charge in [0.15, 0.2) is 6.29 Å². The molecule has 1 aliphatic heterocycles. The Kier molecular flexibility index (Phi) is 7.00. The topological polar surface area (TPSA) is 91.8 Å². The van der Waals surface area contributed by atoms with E-state index in [2.05, 4.69) is 4.98 Å². The van der Waals surface area contributed by atoms with E-state index in [0.717, 1.165) is 44.4 Å². The number of rotatable bonds is 4. The highest BCUT2D eigenvalue weighted by Gasteiger charge is 2.18. The monoisotopic (exact) mass is 464 g/mol. The maximum Gasteiger partial charge on any atom is 0.251 e. The van der Waals surface area contributed by atoms with Crippen molar-refractivity contribution in [3.8, 4) is 11.5 Å². The first-order valence-corrected chi connectivity index (χ1v) is 11.0. The summed E-state index contributed by atoms with van der Waals surface area (Å²) in [6.45, 7) is 5.41. The Morgan fingerprint density at radius 1 is 0.882 bits per heavy atom. The second-order valence-corrected chi connectivity index (χ2v) is 8.06. The van der Waals surface area contributed by atoms with Crippen LogP contribution in [0.1, 0.15) is 11.1 Å². The number of ether oxygens (including phenoxy) is 4. The van der Waals surface area contributed by atoms with Gasteiger partial charge in [-0.1, -0.05) is 0 Å². The quantitative estimate of drug-likeness (QED) is 0.497. The van der Waals surface area contributed by atoms with Crippen LogP contribution in [0.5, 0.6) is 11.5 Å². The molecule has 0 aliphatic carbocycles. The van der Waals surface area contributed by atoms with Crippen molar-refractivity contribution in [2.75, 3.05) is 27.4 Å². The number of hydrogen-bond donors (Lipinski definition) is 1. The van der Waals surface area contributed by atoms with Crippen LogP contribution < -0.4 is 20.6 Å². The largest absolute Gasteiger partial charge is 0.497 e. The van der Waals surface area contributed by atoms with Crippen LogP contribution in [0.4, 0.5) is 0 Å². The first kappa shape index (κ1) is 23.5. The molecule has 0 saturated carbocycles. The van der Waals surface area contributed by atoms with Gasteiger partial charge in [0, 0.05) is 28.4 Å². The molecule has 4 aromatic rings. The van der Waals surface area contributed by atoms with Gasteiger partial charge in [-0.2, -0.15) is 0 Å². The zero-order valence-corrected chi connectivity index (χ0v) is 19.7. The van der Waals surface area contributed by atoms with Crippen molar-refractivity contribution in [3.63, 3.8) is 0 Å². The maximum atomic E-state index is 12.2. The number of H-pyrrole nitrogens is 1. The molecule has 8 nitrogen and oxygen atoms in total. The lowest BCUT2D eigenvalue weighted by Crippen LogP contribution is -2.27. The van der Waals surface area contributed by atoms with E-state index >= 15 is 0 Å². The zero-order valence-electron chi connectivity index (χ0n) is 19.7. The number of aromatic nitrogens is 2. The van der Waals surface area contributed by atoms with Crippen molar-refractivity contribution in [1.29, 1.82) is 0 Å². The number of aromatic amines is 1. The summed E-state index contributed by atoms with van der Waals surface area (Å²) in [7, 11) is 3.26. The highest BCUT2D eigenvalue weighted by atomic mass is 16.7. The van der Waals surface area contributed by atoms with E-state index in [4.69, 9.17) is 18.9 Å². The van der Waals surface area contributed by atoms with Crippen molar-refractivity contribution in [3.05, 3.63) is 80.4 Å². The molecule has 2 aromatic heterocycles. The van der Waals surface area contributed by atoms with Crippen LogP contribution in [0.15, 0.2) is 58.1 Å². The number of methoxy groups -OCH3 is 2. The number of fused-ring (bicyclic) bond motifs is 2. The lowest BCUT2D eigenvalue weighted by molar-refractivity contribution is -0.0522. The summed E-state index contributed by atoms with van der Waals surface area (Å²) < 4.78 is 22.9. The Hall–Kier alpha value is -3.62.